The maximum Gasteiger partial charge on any atom is 0.276 e. The number of aromatic amines is 1. The van der Waals surface area contributed by atoms with Crippen LogP contribution in [0.1, 0.15) is 12.6 Å². The first kappa shape index (κ1) is 25.6. The van der Waals surface area contributed by atoms with Crippen molar-refractivity contribution in [3.63, 3.8) is 0 Å². The molecule has 2 N–H and O–H groups in total. The van der Waals surface area contributed by atoms with E-state index in [2.05, 4.69) is 41.5 Å². The summed E-state index contributed by atoms with van der Waals surface area (Å²) in [5, 5.41) is 4.64. The smallest absolute Gasteiger partial charge is 0.276 e. The summed E-state index contributed by atoms with van der Waals surface area (Å²) in [6, 6.07) is 26.9. The number of fused-ring (bicyclic) bond motifs is 1. The molecule has 1 aromatic heterocycles. The van der Waals surface area contributed by atoms with Gasteiger partial charge in [-0.15, -0.1) is 10.5 Å². The van der Waals surface area contributed by atoms with Crippen molar-refractivity contribution in [3.8, 4) is 11.4 Å². The van der Waals surface area contributed by atoms with Crippen LogP contribution in [-0.4, -0.2) is 46.6 Å². The van der Waals surface area contributed by atoms with Gasteiger partial charge >= 0.3 is 0 Å². The molecule has 1 fully saturated rings. The summed E-state index contributed by atoms with van der Waals surface area (Å²) in [4.78, 5) is 28.9. The Morgan fingerprint density at radius 3 is 2.18 bits per heavy atom. The van der Waals surface area contributed by atoms with E-state index in [1.54, 1.807) is 18.2 Å². The monoisotopic (exact) mass is 529 g/mol. The topological polar surface area (TPSA) is 82.6 Å². The van der Waals surface area contributed by atoms with Crippen LogP contribution in [0, 0.1) is 6.92 Å². The van der Waals surface area contributed by atoms with Crippen molar-refractivity contribution in [1.82, 2.24) is 15.2 Å². The lowest BCUT2D eigenvalue weighted by molar-refractivity contribution is -0.112. The summed E-state index contributed by atoms with van der Waals surface area (Å²) in [5.41, 5.74) is 7.05. The van der Waals surface area contributed by atoms with Gasteiger partial charge in [-0.1, -0.05) is 36.4 Å². The van der Waals surface area contributed by atoms with E-state index in [1.807, 2.05) is 73.7 Å². The molecule has 2 aliphatic heterocycles. The number of carbonyl (C=O) groups excluding carboxylic acids is 1. The number of benzene rings is 3. The summed E-state index contributed by atoms with van der Waals surface area (Å²) in [7, 11) is 3.50. The fourth-order valence-electron chi connectivity index (χ4n) is 4.63. The molecular formula is C29H31N5O3S. The second kappa shape index (κ2) is 10.7. The van der Waals surface area contributed by atoms with Crippen molar-refractivity contribution >= 4 is 32.6 Å². The number of hydrogen-bond acceptors (Lipinski definition) is 5. The second-order valence-corrected chi connectivity index (χ2v) is 11.1. The number of anilines is 2. The molecule has 1 saturated heterocycles. The lowest BCUT2D eigenvalue weighted by Crippen LogP contribution is -2.36. The van der Waals surface area contributed by atoms with Crippen LogP contribution in [0.5, 0.6) is 5.75 Å². The SMILES string of the molecule is COc1ccc2c(c1)N(C)CS2=C1C(=O)N(c2ccccc2)NC1C.Cc1cc(=O)n(-c2ccccc2)[nH]1. The number of aromatic nitrogens is 2. The largest absolute Gasteiger partial charge is 0.497 e. The van der Waals surface area contributed by atoms with Crippen LogP contribution in [0.4, 0.5) is 11.4 Å². The Hall–Kier alpha value is -4.08. The van der Waals surface area contributed by atoms with Crippen molar-refractivity contribution in [2.45, 2.75) is 24.8 Å². The quantitative estimate of drug-likeness (QED) is 0.387. The second-order valence-electron chi connectivity index (χ2n) is 9.19. The van der Waals surface area contributed by atoms with E-state index in [0.717, 1.165) is 39.2 Å². The van der Waals surface area contributed by atoms with Crippen LogP contribution >= 0.6 is 10.5 Å². The number of nitrogens with one attached hydrogen (secondary N) is 2. The zero-order chi connectivity index (χ0) is 26.8. The minimum Gasteiger partial charge on any atom is -0.497 e. The first-order valence-electron chi connectivity index (χ1n) is 12.3. The highest BCUT2D eigenvalue weighted by molar-refractivity contribution is 8.17. The van der Waals surface area contributed by atoms with E-state index >= 15 is 0 Å². The van der Waals surface area contributed by atoms with E-state index in [4.69, 9.17) is 4.74 Å². The Labute approximate surface area is 224 Å². The lowest BCUT2D eigenvalue weighted by atomic mass is 10.2. The number of aryl methyl sites for hydroxylation is 1. The Morgan fingerprint density at radius 1 is 0.921 bits per heavy atom. The van der Waals surface area contributed by atoms with Gasteiger partial charge in [-0.25, -0.2) is 15.1 Å². The molecule has 6 rings (SSSR count). The molecule has 0 bridgehead atoms. The van der Waals surface area contributed by atoms with E-state index in [9.17, 15) is 9.59 Å². The average Bonchev–Trinajstić information content (AvgIpc) is 3.56. The van der Waals surface area contributed by atoms with Gasteiger partial charge in [0.1, 0.15) is 5.75 Å². The van der Waals surface area contributed by atoms with Gasteiger partial charge in [0.05, 0.1) is 41.0 Å². The summed E-state index contributed by atoms with van der Waals surface area (Å²) in [5.74, 6) is 1.74. The van der Waals surface area contributed by atoms with Crippen LogP contribution in [0.25, 0.3) is 5.69 Å². The van der Waals surface area contributed by atoms with Gasteiger partial charge in [-0.2, -0.15) is 0 Å². The summed E-state index contributed by atoms with van der Waals surface area (Å²) in [6.07, 6.45) is 0. The van der Waals surface area contributed by atoms with Crippen LogP contribution in [0.2, 0.25) is 0 Å². The van der Waals surface area contributed by atoms with Gasteiger partial charge in [0.2, 0.25) is 0 Å². The lowest BCUT2D eigenvalue weighted by Gasteiger charge is -2.15. The normalized spacial score (nSPS) is 19.3. The third-order valence-electron chi connectivity index (χ3n) is 6.44. The van der Waals surface area contributed by atoms with Crippen molar-refractivity contribution in [2.24, 2.45) is 0 Å². The molecule has 2 atom stereocenters. The van der Waals surface area contributed by atoms with Crippen molar-refractivity contribution in [3.05, 3.63) is 101 Å². The number of hydrogen-bond donors (Lipinski definition) is 2. The highest BCUT2D eigenvalue weighted by atomic mass is 32.2. The summed E-state index contributed by atoms with van der Waals surface area (Å²) >= 11 is 0. The number of para-hydroxylation sites is 2. The predicted molar refractivity (Wildman–Crippen MR) is 155 cm³/mol. The molecule has 0 aliphatic carbocycles. The number of nitrogens with zero attached hydrogens (tertiary/aromatic N) is 3. The molecule has 9 heteroatoms. The standard InChI is InChI=1S/C19H21N3O2S.C10H10N2O/c1-13-18(19(23)22(20-13)14-7-5-4-6-8-14)25-12-21(2)16-11-15(24-3)9-10-17(16)25;1-8-7-10(13)12(11-8)9-5-3-2-4-6-9/h4-11,13,20H,12H2,1-3H3;2-7,11H,1H3. The fourth-order valence-corrected chi connectivity index (χ4v) is 7.15. The number of amides is 1. The van der Waals surface area contributed by atoms with E-state index < -0.39 is 0 Å². The van der Waals surface area contributed by atoms with Crippen molar-refractivity contribution in [2.75, 3.05) is 29.9 Å². The summed E-state index contributed by atoms with van der Waals surface area (Å²) in [6.45, 7) is 3.92. The Bertz CT molecular complexity index is 1550. The number of methoxy groups -OCH3 is 1. The van der Waals surface area contributed by atoms with Gasteiger partial charge in [0.25, 0.3) is 11.5 Å². The average molecular weight is 530 g/mol. The maximum absolute atomic E-state index is 13.1. The molecule has 0 saturated carbocycles. The van der Waals surface area contributed by atoms with Gasteiger partial charge < -0.3 is 9.64 Å². The maximum atomic E-state index is 13.1. The number of H-pyrrole nitrogens is 1. The number of rotatable bonds is 3. The van der Waals surface area contributed by atoms with Crippen molar-refractivity contribution in [1.29, 1.82) is 0 Å². The van der Waals surface area contributed by atoms with Gasteiger partial charge in [-0.05, 0) is 50.2 Å². The molecule has 196 valence electrons. The molecule has 0 radical (unpaired) electrons. The molecule has 0 spiro atoms. The third kappa shape index (κ3) is 4.90. The molecule has 3 heterocycles. The molecule has 1 amide bonds. The Balaban J connectivity index is 0.000000190. The Morgan fingerprint density at radius 2 is 1.58 bits per heavy atom. The zero-order valence-electron chi connectivity index (χ0n) is 21.8. The third-order valence-corrected chi connectivity index (χ3v) is 9.02. The van der Waals surface area contributed by atoms with E-state index in [1.165, 1.54) is 9.58 Å². The highest BCUT2D eigenvalue weighted by Gasteiger charge is 2.38. The fraction of sp³-hybridized carbons (Fsp3) is 0.207. The molecule has 2 aliphatic rings. The first-order valence-corrected chi connectivity index (χ1v) is 13.7. The molecule has 38 heavy (non-hydrogen) atoms. The molecule has 3 aromatic carbocycles. The minimum absolute atomic E-state index is 0.0116. The van der Waals surface area contributed by atoms with E-state index in [0.29, 0.717) is 0 Å². The highest BCUT2D eigenvalue weighted by Crippen LogP contribution is 2.46. The molecule has 4 aromatic rings. The van der Waals surface area contributed by atoms with Gasteiger partial charge in [0, 0.05) is 29.8 Å². The number of carbonyl (C=O) groups is 1. The van der Waals surface area contributed by atoms with Gasteiger partial charge in [-0.3, -0.25) is 14.7 Å². The van der Waals surface area contributed by atoms with E-state index in [-0.39, 0.29) is 28.0 Å². The van der Waals surface area contributed by atoms with Gasteiger partial charge in [0.15, 0.2) is 0 Å². The zero-order valence-corrected chi connectivity index (χ0v) is 22.7. The first-order chi connectivity index (χ1) is 18.4. The number of hydrazine groups is 1. The van der Waals surface area contributed by atoms with Crippen LogP contribution < -0.4 is 25.6 Å². The molecular weight excluding hydrogens is 498 g/mol. The van der Waals surface area contributed by atoms with Crippen LogP contribution in [0.15, 0.2) is 94.6 Å². The van der Waals surface area contributed by atoms with Crippen LogP contribution in [-0.2, 0) is 4.79 Å². The molecule has 2 unspecified atom stereocenters. The van der Waals surface area contributed by atoms with Crippen LogP contribution in [0.3, 0.4) is 0 Å². The van der Waals surface area contributed by atoms with Crippen molar-refractivity contribution < 1.29 is 9.53 Å². The predicted octanol–water partition coefficient (Wildman–Crippen LogP) is 4.32. The Kier molecular flexibility index (Phi) is 7.22. The molecule has 8 nitrogen and oxygen atoms in total. The number of ether oxygens (including phenoxy) is 1. The minimum atomic E-state index is -0.239. The summed E-state index contributed by atoms with van der Waals surface area (Å²) < 4.78 is 6.87.